The summed E-state index contributed by atoms with van der Waals surface area (Å²) in [6.07, 6.45) is 4.26. The first-order valence-electron chi connectivity index (χ1n) is 6.62. The molecule has 0 aliphatic carbocycles. The van der Waals surface area contributed by atoms with Crippen LogP contribution in [-0.4, -0.2) is 23.9 Å². The fourth-order valence-electron chi connectivity index (χ4n) is 2.13. The van der Waals surface area contributed by atoms with E-state index < -0.39 is 5.92 Å². The number of fused-ring (bicyclic) bond motifs is 1. The van der Waals surface area contributed by atoms with Gasteiger partial charge in [-0.05, 0) is 40.2 Å². The minimum Gasteiger partial charge on any atom is -0.347 e. The summed E-state index contributed by atoms with van der Waals surface area (Å²) in [6.45, 7) is 3.41. The molecule has 1 atom stereocenters. The Morgan fingerprint density at radius 1 is 1.52 bits per heavy atom. The highest BCUT2D eigenvalue weighted by atomic mass is 79.9. The molecule has 3 rings (SSSR count). The van der Waals surface area contributed by atoms with Crippen LogP contribution in [0.4, 0.5) is 10.1 Å². The Kier molecular flexibility index (Phi) is 4.16. The van der Waals surface area contributed by atoms with E-state index in [1.807, 2.05) is 0 Å². The van der Waals surface area contributed by atoms with Crippen LogP contribution in [0, 0.1) is 11.7 Å². The van der Waals surface area contributed by atoms with Crippen molar-refractivity contribution in [2.24, 2.45) is 20.9 Å². The van der Waals surface area contributed by atoms with Gasteiger partial charge in [-0.1, -0.05) is 6.58 Å². The van der Waals surface area contributed by atoms with E-state index in [2.05, 4.69) is 48.1 Å². The van der Waals surface area contributed by atoms with Crippen LogP contribution in [0.15, 0.2) is 62.2 Å². The van der Waals surface area contributed by atoms with E-state index in [-0.39, 0.29) is 11.7 Å². The number of nitrogens with one attached hydrogen (secondary N) is 2. The largest absolute Gasteiger partial charge is 0.347 e. The lowest BCUT2D eigenvalue weighted by molar-refractivity contribution is -0.115. The summed E-state index contributed by atoms with van der Waals surface area (Å²) in [6, 6.07) is 4.41. The van der Waals surface area contributed by atoms with Gasteiger partial charge in [0.05, 0.1) is 22.2 Å². The summed E-state index contributed by atoms with van der Waals surface area (Å²) in [4.78, 5) is 24.3. The van der Waals surface area contributed by atoms with Gasteiger partial charge in [0.2, 0.25) is 5.91 Å². The minimum absolute atomic E-state index is 0.313. The van der Waals surface area contributed by atoms with Crippen molar-refractivity contribution in [1.82, 2.24) is 10.6 Å². The Morgan fingerprint density at radius 2 is 2.35 bits per heavy atom. The topological polar surface area (TPSA) is 78.2 Å². The van der Waals surface area contributed by atoms with Crippen LogP contribution in [-0.2, 0) is 4.79 Å². The van der Waals surface area contributed by atoms with E-state index in [4.69, 9.17) is 0 Å². The van der Waals surface area contributed by atoms with Crippen LogP contribution >= 0.6 is 15.9 Å². The number of amidine groups is 2. The summed E-state index contributed by atoms with van der Waals surface area (Å²) in [5.74, 6) is -0.294. The second-order valence-corrected chi connectivity index (χ2v) is 5.55. The maximum Gasteiger partial charge on any atom is 0.248 e. The summed E-state index contributed by atoms with van der Waals surface area (Å²) < 4.78 is 13.6. The Bertz CT molecular complexity index is 812. The highest BCUT2D eigenvalue weighted by Gasteiger charge is 2.33. The first-order chi connectivity index (χ1) is 11.1. The molecule has 1 unspecified atom stereocenters. The zero-order chi connectivity index (χ0) is 16.4. The van der Waals surface area contributed by atoms with Crippen LogP contribution < -0.4 is 10.6 Å². The summed E-state index contributed by atoms with van der Waals surface area (Å²) in [5.41, 5.74) is 1.28. The molecule has 1 aromatic carbocycles. The molecule has 0 fully saturated rings. The van der Waals surface area contributed by atoms with E-state index >= 15 is 0 Å². The first-order valence-corrected chi connectivity index (χ1v) is 7.41. The van der Waals surface area contributed by atoms with E-state index in [9.17, 15) is 9.18 Å². The Hall–Kier alpha value is -2.61. The van der Waals surface area contributed by atoms with Gasteiger partial charge in [-0.25, -0.2) is 19.4 Å². The number of amides is 1. The molecule has 116 valence electrons. The van der Waals surface area contributed by atoms with Crippen molar-refractivity contribution in [2.75, 3.05) is 0 Å². The minimum atomic E-state index is -0.410. The molecule has 2 aliphatic heterocycles. The van der Waals surface area contributed by atoms with Crippen molar-refractivity contribution in [3.63, 3.8) is 0 Å². The standard InChI is InChI=1S/C15H11BrFN5O/c1-2-12(23)22-14-13-11(6-18-14)19-7-20-15(13)21-8-3-4-10(17)9(16)5-8/h2-7,13H,1H2,(H,18,22,23)(H,19,20,21). The molecular formula is C15H11BrFN5O. The van der Waals surface area contributed by atoms with Gasteiger partial charge in [0.25, 0.3) is 0 Å². The maximum atomic E-state index is 13.3. The number of halogens is 2. The molecule has 0 bridgehead atoms. The lowest BCUT2D eigenvalue weighted by atomic mass is 10.0. The van der Waals surface area contributed by atoms with Crippen LogP contribution in [0.5, 0.6) is 0 Å². The van der Waals surface area contributed by atoms with Crippen LogP contribution in [0.25, 0.3) is 0 Å². The Balaban J connectivity index is 1.94. The van der Waals surface area contributed by atoms with Gasteiger partial charge in [-0.15, -0.1) is 0 Å². The molecule has 0 saturated carbocycles. The normalized spacial score (nSPS) is 20.4. The van der Waals surface area contributed by atoms with Gasteiger partial charge in [-0.3, -0.25) is 4.79 Å². The predicted molar refractivity (Wildman–Crippen MR) is 90.2 cm³/mol. The third-order valence-corrected chi connectivity index (χ3v) is 3.80. The molecule has 0 saturated heterocycles. The van der Waals surface area contributed by atoms with Crippen molar-refractivity contribution in [3.8, 4) is 0 Å². The van der Waals surface area contributed by atoms with Gasteiger partial charge < -0.3 is 10.6 Å². The average molecular weight is 376 g/mol. The number of carbonyl (C=O) groups excluding carboxylic acids is 1. The van der Waals surface area contributed by atoms with Gasteiger partial charge in [-0.2, -0.15) is 0 Å². The highest BCUT2D eigenvalue weighted by molar-refractivity contribution is 9.10. The molecule has 2 N–H and O–H groups in total. The molecule has 2 aliphatic rings. The molecule has 23 heavy (non-hydrogen) atoms. The smallest absolute Gasteiger partial charge is 0.248 e. The fraction of sp³-hybridized carbons (Fsp3) is 0.0667. The van der Waals surface area contributed by atoms with E-state index in [1.165, 1.54) is 12.4 Å². The zero-order valence-electron chi connectivity index (χ0n) is 11.8. The van der Waals surface area contributed by atoms with Crippen molar-refractivity contribution in [3.05, 3.63) is 53.0 Å². The van der Waals surface area contributed by atoms with Gasteiger partial charge >= 0.3 is 0 Å². The number of rotatable bonds is 2. The highest BCUT2D eigenvalue weighted by Crippen LogP contribution is 2.26. The van der Waals surface area contributed by atoms with Gasteiger partial charge in [0, 0.05) is 6.20 Å². The number of carbonyl (C=O) groups is 1. The van der Waals surface area contributed by atoms with Crippen molar-refractivity contribution in [2.45, 2.75) is 0 Å². The predicted octanol–water partition coefficient (Wildman–Crippen LogP) is 2.42. The molecule has 8 heteroatoms. The number of aliphatic imine (C=N–C) groups is 3. The number of benzene rings is 1. The molecule has 1 aromatic rings. The number of nitrogens with zero attached hydrogens (tertiary/aromatic N) is 3. The number of hydrogen-bond acceptors (Lipinski definition) is 4. The molecule has 1 amide bonds. The Morgan fingerprint density at radius 3 is 3.09 bits per heavy atom. The van der Waals surface area contributed by atoms with Gasteiger partial charge in [0.15, 0.2) is 0 Å². The van der Waals surface area contributed by atoms with E-state index in [0.717, 1.165) is 11.8 Å². The van der Waals surface area contributed by atoms with Crippen molar-refractivity contribution >= 4 is 45.5 Å². The molecule has 0 spiro atoms. The van der Waals surface area contributed by atoms with Crippen molar-refractivity contribution < 1.29 is 9.18 Å². The fourth-order valence-corrected chi connectivity index (χ4v) is 2.49. The van der Waals surface area contributed by atoms with Crippen LogP contribution in [0.3, 0.4) is 0 Å². The molecular weight excluding hydrogens is 365 g/mol. The summed E-state index contributed by atoms with van der Waals surface area (Å²) in [7, 11) is 0. The quantitative estimate of drug-likeness (QED) is 0.778. The zero-order valence-corrected chi connectivity index (χ0v) is 13.3. The second-order valence-electron chi connectivity index (χ2n) is 4.70. The molecule has 2 heterocycles. The second kappa shape index (κ2) is 6.25. The first kappa shape index (κ1) is 15.3. The Labute approximate surface area is 139 Å². The van der Waals surface area contributed by atoms with E-state index in [0.29, 0.717) is 21.8 Å². The third kappa shape index (κ3) is 3.11. The molecule has 6 nitrogen and oxygen atoms in total. The van der Waals surface area contributed by atoms with Crippen molar-refractivity contribution in [1.29, 1.82) is 0 Å². The SMILES string of the molecule is C=CC(=O)NC1=NC=C2NC=NC(=Nc3ccc(F)c(Br)c3)C21. The van der Waals surface area contributed by atoms with Gasteiger partial charge in [0.1, 0.15) is 23.4 Å². The van der Waals surface area contributed by atoms with E-state index in [1.54, 1.807) is 18.3 Å². The number of hydrogen-bond donors (Lipinski definition) is 2. The monoisotopic (exact) mass is 375 g/mol. The summed E-state index contributed by atoms with van der Waals surface area (Å²) in [5, 5.41) is 5.61. The lowest BCUT2D eigenvalue weighted by Gasteiger charge is -2.20. The van der Waals surface area contributed by atoms with Crippen LogP contribution in [0.2, 0.25) is 0 Å². The summed E-state index contributed by atoms with van der Waals surface area (Å²) >= 11 is 3.12. The molecule has 0 aromatic heterocycles. The third-order valence-electron chi connectivity index (χ3n) is 3.20. The lowest BCUT2D eigenvalue weighted by Crippen LogP contribution is -2.41. The average Bonchev–Trinajstić information content (AvgIpc) is 2.95. The maximum absolute atomic E-state index is 13.3. The molecule has 0 radical (unpaired) electrons. The van der Waals surface area contributed by atoms with Crippen LogP contribution in [0.1, 0.15) is 0 Å².